The van der Waals surface area contributed by atoms with Crippen LogP contribution in [0.3, 0.4) is 0 Å². The van der Waals surface area contributed by atoms with Crippen molar-refractivity contribution in [2.75, 3.05) is 13.1 Å². The number of benzene rings is 1. The maximum absolute atomic E-state index is 12.1. The smallest absolute Gasteiger partial charge is 0.220 e. The molecule has 1 aliphatic rings. The number of carbonyl (C=O) groups is 1. The van der Waals surface area contributed by atoms with E-state index >= 15 is 0 Å². The Bertz CT molecular complexity index is 694. The summed E-state index contributed by atoms with van der Waals surface area (Å²) in [5.74, 6) is 0.115. The van der Waals surface area contributed by atoms with Crippen LogP contribution in [-0.2, 0) is 31.2 Å². The van der Waals surface area contributed by atoms with Crippen molar-refractivity contribution in [3.05, 3.63) is 53.3 Å². The summed E-state index contributed by atoms with van der Waals surface area (Å²) in [6.45, 7) is 5.02. The van der Waals surface area contributed by atoms with E-state index < -0.39 is 0 Å². The summed E-state index contributed by atoms with van der Waals surface area (Å²) in [6, 6.07) is 8.80. The molecule has 1 atom stereocenters. The van der Waals surface area contributed by atoms with Crippen LogP contribution in [0.5, 0.6) is 0 Å². The summed E-state index contributed by atoms with van der Waals surface area (Å²) >= 11 is 0. The molecule has 0 fully saturated rings. The van der Waals surface area contributed by atoms with Crippen LogP contribution in [0.2, 0.25) is 0 Å². The van der Waals surface area contributed by atoms with E-state index in [0.29, 0.717) is 6.42 Å². The first kappa shape index (κ1) is 16.7. The predicted octanol–water partition coefficient (Wildman–Crippen LogP) is 1.92. The predicted molar refractivity (Wildman–Crippen MR) is 94.6 cm³/mol. The van der Waals surface area contributed by atoms with Crippen LogP contribution in [0.4, 0.5) is 0 Å². The van der Waals surface area contributed by atoms with Gasteiger partial charge in [-0.1, -0.05) is 24.3 Å². The Morgan fingerprint density at radius 3 is 2.88 bits per heavy atom. The Morgan fingerprint density at radius 2 is 2.12 bits per heavy atom. The van der Waals surface area contributed by atoms with Gasteiger partial charge in [0.1, 0.15) is 0 Å². The summed E-state index contributed by atoms with van der Waals surface area (Å²) < 4.78 is 1.77. The lowest BCUT2D eigenvalue weighted by Crippen LogP contribution is -2.43. The number of hydrogen-bond donors (Lipinski definition) is 1. The van der Waals surface area contributed by atoms with Crippen LogP contribution < -0.4 is 5.32 Å². The highest BCUT2D eigenvalue weighted by atomic mass is 16.1. The van der Waals surface area contributed by atoms with Crippen LogP contribution in [0.15, 0.2) is 36.7 Å². The molecular weight excluding hydrogens is 300 g/mol. The average Bonchev–Trinajstić information content (AvgIpc) is 2.98. The molecule has 1 aliphatic heterocycles. The van der Waals surface area contributed by atoms with Crippen LogP contribution in [0, 0.1) is 0 Å². The Morgan fingerprint density at radius 1 is 1.33 bits per heavy atom. The largest absolute Gasteiger partial charge is 0.352 e. The molecule has 1 unspecified atom stereocenters. The minimum Gasteiger partial charge on any atom is -0.352 e. The van der Waals surface area contributed by atoms with Gasteiger partial charge in [0.25, 0.3) is 0 Å². The molecule has 0 saturated carbocycles. The molecule has 1 aromatic heterocycles. The first-order valence-corrected chi connectivity index (χ1v) is 8.66. The summed E-state index contributed by atoms with van der Waals surface area (Å²) in [5, 5.41) is 7.25. The quantitative estimate of drug-likeness (QED) is 0.882. The standard InChI is InChI=1S/C19H26N4O/c1-15(21-19(24)8-7-16-11-20-22(2)13-16)12-23-10-9-17-5-3-4-6-18(17)14-23/h3-6,11,13,15H,7-10,12,14H2,1-2H3,(H,21,24). The van der Waals surface area contributed by atoms with Crippen molar-refractivity contribution in [2.24, 2.45) is 7.05 Å². The Kier molecular flexibility index (Phi) is 5.30. The van der Waals surface area contributed by atoms with Crippen molar-refractivity contribution >= 4 is 5.91 Å². The third-order valence-electron chi connectivity index (χ3n) is 4.55. The van der Waals surface area contributed by atoms with Crippen molar-refractivity contribution in [1.82, 2.24) is 20.0 Å². The third-order valence-corrected chi connectivity index (χ3v) is 4.55. The molecule has 5 nitrogen and oxygen atoms in total. The lowest BCUT2D eigenvalue weighted by molar-refractivity contribution is -0.121. The van der Waals surface area contributed by atoms with Gasteiger partial charge in [0.2, 0.25) is 5.91 Å². The molecule has 3 rings (SSSR count). The van der Waals surface area contributed by atoms with Crippen molar-refractivity contribution in [3.63, 3.8) is 0 Å². The van der Waals surface area contributed by atoms with Crippen molar-refractivity contribution in [3.8, 4) is 0 Å². The highest BCUT2D eigenvalue weighted by molar-refractivity contribution is 5.76. The van der Waals surface area contributed by atoms with Gasteiger partial charge in [-0.3, -0.25) is 14.4 Å². The topological polar surface area (TPSA) is 50.2 Å². The minimum absolute atomic E-state index is 0.115. The van der Waals surface area contributed by atoms with E-state index in [1.54, 1.807) is 4.68 Å². The fourth-order valence-electron chi connectivity index (χ4n) is 3.35. The maximum Gasteiger partial charge on any atom is 0.220 e. The molecule has 0 radical (unpaired) electrons. The van der Waals surface area contributed by atoms with Crippen molar-refractivity contribution < 1.29 is 4.79 Å². The summed E-state index contributed by atoms with van der Waals surface area (Å²) in [7, 11) is 1.89. The number of aryl methyl sites for hydroxylation is 2. The van der Waals surface area contributed by atoms with Crippen LogP contribution >= 0.6 is 0 Å². The fourth-order valence-corrected chi connectivity index (χ4v) is 3.35. The highest BCUT2D eigenvalue weighted by Gasteiger charge is 2.18. The Hall–Kier alpha value is -2.14. The van der Waals surface area contributed by atoms with Gasteiger partial charge in [0, 0.05) is 45.3 Å². The number of nitrogens with one attached hydrogen (secondary N) is 1. The van der Waals surface area contributed by atoms with Crippen molar-refractivity contribution in [1.29, 1.82) is 0 Å². The second-order valence-corrected chi connectivity index (χ2v) is 6.74. The maximum atomic E-state index is 12.1. The van der Waals surface area contributed by atoms with E-state index in [2.05, 4.69) is 46.5 Å². The van der Waals surface area contributed by atoms with Crippen LogP contribution in [-0.4, -0.2) is 39.7 Å². The number of amides is 1. The molecule has 24 heavy (non-hydrogen) atoms. The second-order valence-electron chi connectivity index (χ2n) is 6.74. The molecule has 1 N–H and O–H groups in total. The molecule has 2 heterocycles. The van der Waals surface area contributed by atoms with Gasteiger partial charge in [-0.2, -0.15) is 5.10 Å². The summed E-state index contributed by atoms with van der Waals surface area (Å²) in [4.78, 5) is 14.5. The summed E-state index contributed by atoms with van der Waals surface area (Å²) in [6.07, 6.45) is 6.13. The number of aromatic nitrogens is 2. The number of rotatable bonds is 6. The lowest BCUT2D eigenvalue weighted by atomic mass is 9.99. The van der Waals surface area contributed by atoms with Gasteiger partial charge in [-0.05, 0) is 36.5 Å². The number of fused-ring (bicyclic) bond motifs is 1. The molecule has 128 valence electrons. The number of nitrogens with zero attached hydrogens (tertiary/aromatic N) is 3. The van der Waals surface area contributed by atoms with E-state index in [1.165, 1.54) is 11.1 Å². The Balaban J connectivity index is 1.42. The van der Waals surface area contributed by atoms with Crippen molar-refractivity contribution in [2.45, 2.75) is 38.8 Å². The lowest BCUT2D eigenvalue weighted by Gasteiger charge is -2.31. The van der Waals surface area contributed by atoms with Gasteiger partial charge in [0.05, 0.1) is 6.20 Å². The number of hydrogen-bond acceptors (Lipinski definition) is 3. The monoisotopic (exact) mass is 326 g/mol. The molecule has 5 heteroatoms. The van der Waals surface area contributed by atoms with E-state index in [9.17, 15) is 4.79 Å². The molecule has 0 bridgehead atoms. The number of carbonyl (C=O) groups excluding carboxylic acids is 1. The highest BCUT2D eigenvalue weighted by Crippen LogP contribution is 2.18. The third kappa shape index (κ3) is 4.45. The van der Waals surface area contributed by atoms with Gasteiger partial charge >= 0.3 is 0 Å². The van der Waals surface area contributed by atoms with E-state index in [0.717, 1.165) is 38.0 Å². The Labute approximate surface area is 143 Å². The van der Waals surface area contributed by atoms with Crippen LogP contribution in [0.1, 0.15) is 30.0 Å². The first-order valence-electron chi connectivity index (χ1n) is 8.66. The minimum atomic E-state index is 0.115. The normalized spacial score (nSPS) is 15.8. The zero-order valence-corrected chi connectivity index (χ0v) is 14.5. The van der Waals surface area contributed by atoms with E-state index in [-0.39, 0.29) is 11.9 Å². The molecule has 1 amide bonds. The van der Waals surface area contributed by atoms with Crippen LogP contribution in [0.25, 0.3) is 0 Å². The molecule has 2 aromatic rings. The van der Waals surface area contributed by atoms with Gasteiger partial charge in [0.15, 0.2) is 0 Å². The molecule has 0 saturated heterocycles. The van der Waals surface area contributed by atoms with Gasteiger partial charge in [-0.25, -0.2) is 0 Å². The van der Waals surface area contributed by atoms with E-state index in [4.69, 9.17) is 0 Å². The zero-order valence-electron chi connectivity index (χ0n) is 14.5. The fraction of sp³-hybridized carbons (Fsp3) is 0.474. The molecular formula is C19H26N4O. The average molecular weight is 326 g/mol. The summed E-state index contributed by atoms with van der Waals surface area (Å²) in [5.41, 5.74) is 3.98. The van der Waals surface area contributed by atoms with E-state index in [1.807, 2.05) is 19.4 Å². The molecule has 1 aromatic carbocycles. The molecule has 0 aliphatic carbocycles. The first-order chi connectivity index (χ1) is 11.6. The SMILES string of the molecule is CC(CN1CCc2ccccc2C1)NC(=O)CCc1cnn(C)c1. The second kappa shape index (κ2) is 7.62. The molecule has 0 spiro atoms. The van der Waals surface area contributed by atoms with Gasteiger partial charge < -0.3 is 5.32 Å². The zero-order chi connectivity index (χ0) is 16.9. The van der Waals surface area contributed by atoms with Gasteiger partial charge in [-0.15, -0.1) is 0 Å².